The van der Waals surface area contributed by atoms with E-state index >= 15 is 0 Å². The van der Waals surface area contributed by atoms with E-state index in [1.54, 1.807) is 22.7 Å². The van der Waals surface area contributed by atoms with Gasteiger partial charge in [-0.1, -0.05) is 19.8 Å². The SMILES string of the molecule is CCN1CCCCCC1.c1cc(Nc2ccc3scnc3c2)c2ccsc2n1. The highest BCUT2D eigenvalue weighted by Gasteiger charge is 2.05. The topological polar surface area (TPSA) is 41.0 Å². The number of rotatable bonds is 3. The molecule has 4 aromatic rings. The van der Waals surface area contributed by atoms with Crippen LogP contribution in [0.15, 0.2) is 47.4 Å². The molecule has 0 bridgehead atoms. The maximum absolute atomic E-state index is 4.35. The Labute approximate surface area is 174 Å². The molecule has 1 aromatic carbocycles. The minimum atomic E-state index is 1.03. The molecule has 3 aromatic heterocycles. The van der Waals surface area contributed by atoms with Crippen LogP contribution >= 0.6 is 22.7 Å². The van der Waals surface area contributed by atoms with Gasteiger partial charge in [-0.05, 0) is 68.2 Å². The van der Waals surface area contributed by atoms with Gasteiger partial charge in [0.1, 0.15) is 4.83 Å². The third-order valence-electron chi connectivity index (χ3n) is 5.12. The molecule has 1 N–H and O–H groups in total. The van der Waals surface area contributed by atoms with E-state index in [-0.39, 0.29) is 0 Å². The van der Waals surface area contributed by atoms with Gasteiger partial charge >= 0.3 is 0 Å². The van der Waals surface area contributed by atoms with Crippen LogP contribution in [-0.4, -0.2) is 34.5 Å². The van der Waals surface area contributed by atoms with E-state index < -0.39 is 0 Å². The molecule has 4 nitrogen and oxygen atoms in total. The van der Waals surface area contributed by atoms with Crippen LogP contribution in [0.5, 0.6) is 0 Å². The quantitative estimate of drug-likeness (QED) is 0.417. The Hall–Kier alpha value is -2.02. The maximum Gasteiger partial charge on any atom is 0.125 e. The number of likely N-dealkylation sites (tertiary alicyclic amines) is 1. The van der Waals surface area contributed by atoms with Crippen molar-refractivity contribution in [1.82, 2.24) is 14.9 Å². The van der Waals surface area contributed by atoms with Gasteiger partial charge in [-0.2, -0.15) is 0 Å². The molecule has 0 unspecified atom stereocenters. The molecule has 6 heteroatoms. The fourth-order valence-corrected chi connectivity index (χ4v) is 4.95. The monoisotopic (exact) mass is 410 g/mol. The number of thiazole rings is 1. The third-order valence-corrected chi connectivity index (χ3v) is 6.75. The first-order chi connectivity index (χ1) is 13.8. The first kappa shape index (κ1) is 19.3. The normalized spacial score (nSPS) is 15.2. The van der Waals surface area contributed by atoms with Crippen LogP contribution in [0, 0.1) is 0 Å². The predicted octanol–water partition coefficient (Wildman–Crippen LogP) is 6.53. The Bertz CT molecular complexity index is 1020. The van der Waals surface area contributed by atoms with E-state index in [0.717, 1.165) is 27.1 Å². The average molecular weight is 411 g/mol. The number of anilines is 2. The van der Waals surface area contributed by atoms with Crippen LogP contribution in [0.25, 0.3) is 20.4 Å². The van der Waals surface area contributed by atoms with Crippen molar-refractivity contribution in [3.63, 3.8) is 0 Å². The molecule has 1 aliphatic heterocycles. The van der Waals surface area contributed by atoms with Crippen LogP contribution in [0.2, 0.25) is 0 Å². The molecule has 1 fully saturated rings. The molecule has 0 spiro atoms. The molecule has 0 saturated carbocycles. The summed E-state index contributed by atoms with van der Waals surface area (Å²) in [5.74, 6) is 0. The minimum Gasteiger partial charge on any atom is -0.355 e. The van der Waals surface area contributed by atoms with Crippen molar-refractivity contribution in [2.24, 2.45) is 0 Å². The molecular weight excluding hydrogens is 384 g/mol. The summed E-state index contributed by atoms with van der Waals surface area (Å²) in [6.07, 6.45) is 7.59. The second-order valence-electron chi connectivity index (χ2n) is 7.01. The van der Waals surface area contributed by atoms with Gasteiger partial charge in [-0.15, -0.1) is 22.7 Å². The summed E-state index contributed by atoms with van der Waals surface area (Å²) in [6.45, 7) is 6.19. The minimum absolute atomic E-state index is 1.03. The lowest BCUT2D eigenvalue weighted by atomic mass is 10.2. The Morgan fingerprint density at radius 3 is 2.68 bits per heavy atom. The number of benzene rings is 1. The van der Waals surface area contributed by atoms with Gasteiger partial charge in [-0.3, -0.25) is 0 Å². The van der Waals surface area contributed by atoms with Crippen molar-refractivity contribution in [1.29, 1.82) is 0 Å². The standard InChI is InChI=1S/C14H9N3S2.C8H17N/c1-2-13-12(16-8-19-13)7-9(1)17-11-3-5-15-14-10(11)4-6-18-14;1-2-9-7-5-3-4-6-8-9/h1-8H,(H,15,17);2-8H2,1H3. The zero-order valence-corrected chi connectivity index (χ0v) is 17.9. The van der Waals surface area contributed by atoms with Crippen LogP contribution in [0.3, 0.4) is 0 Å². The van der Waals surface area contributed by atoms with E-state index in [0.29, 0.717) is 0 Å². The molecule has 0 aliphatic carbocycles. The number of hydrogen-bond acceptors (Lipinski definition) is 6. The van der Waals surface area contributed by atoms with Gasteiger partial charge in [0.2, 0.25) is 0 Å². The lowest BCUT2D eigenvalue weighted by Gasteiger charge is -2.15. The third kappa shape index (κ3) is 4.69. The molecule has 1 saturated heterocycles. The van der Waals surface area contributed by atoms with Crippen LogP contribution in [-0.2, 0) is 0 Å². The molecule has 4 heterocycles. The van der Waals surface area contributed by atoms with Crippen molar-refractivity contribution < 1.29 is 0 Å². The molecule has 0 radical (unpaired) electrons. The highest BCUT2D eigenvalue weighted by Crippen LogP contribution is 2.29. The largest absolute Gasteiger partial charge is 0.355 e. The summed E-state index contributed by atoms with van der Waals surface area (Å²) in [5, 5.41) is 6.67. The van der Waals surface area contributed by atoms with E-state index in [1.807, 2.05) is 17.8 Å². The van der Waals surface area contributed by atoms with Gasteiger partial charge in [0, 0.05) is 17.3 Å². The van der Waals surface area contributed by atoms with Crippen molar-refractivity contribution >= 4 is 54.5 Å². The molecule has 0 atom stereocenters. The molecule has 0 amide bonds. The molecular formula is C22H26N4S2. The summed E-state index contributed by atoms with van der Waals surface area (Å²) >= 11 is 3.31. The van der Waals surface area contributed by atoms with Gasteiger partial charge in [0.25, 0.3) is 0 Å². The average Bonchev–Trinajstić information content (AvgIpc) is 3.31. The predicted molar refractivity (Wildman–Crippen MR) is 123 cm³/mol. The van der Waals surface area contributed by atoms with Gasteiger partial charge in [-0.25, -0.2) is 9.97 Å². The Kier molecular flexibility index (Phi) is 6.52. The highest BCUT2D eigenvalue weighted by molar-refractivity contribution is 7.17. The first-order valence-electron chi connectivity index (χ1n) is 9.98. The summed E-state index contributed by atoms with van der Waals surface area (Å²) < 4.78 is 1.21. The molecule has 5 rings (SSSR count). The number of nitrogens with zero attached hydrogens (tertiary/aromatic N) is 3. The van der Waals surface area contributed by atoms with Crippen LogP contribution in [0.1, 0.15) is 32.6 Å². The van der Waals surface area contributed by atoms with Crippen molar-refractivity contribution in [3.05, 3.63) is 47.4 Å². The summed E-state index contributed by atoms with van der Waals surface area (Å²) in [7, 11) is 0. The van der Waals surface area contributed by atoms with Crippen LogP contribution in [0.4, 0.5) is 11.4 Å². The summed E-state index contributed by atoms with van der Waals surface area (Å²) in [6, 6.07) is 10.3. The number of nitrogens with one attached hydrogen (secondary N) is 1. The van der Waals surface area contributed by atoms with Crippen LogP contribution < -0.4 is 5.32 Å². The fraction of sp³-hybridized carbons (Fsp3) is 0.364. The van der Waals surface area contributed by atoms with E-state index in [1.165, 1.54) is 50.0 Å². The second-order valence-corrected chi connectivity index (χ2v) is 8.79. The Balaban J connectivity index is 0.000000181. The van der Waals surface area contributed by atoms with Gasteiger partial charge in [0.15, 0.2) is 0 Å². The summed E-state index contributed by atoms with van der Waals surface area (Å²) in [5.41, 5.74) is 5.04. The zero-order valence-electron chi connectivity index (χ0n) is 16.2. The van der Waals surface area contributed by atoms with Crippen molar-refractivity contribution in [2.75, 3.05) is 25.0 Å². The van der Waals surface area contributed by atoms with Crippen molar-refractivity contribution in [2.45, 2.75) is 32.6 Å². The lowest BCUT2D eigenvalue weighted by molar-refractivity contribution is 0.301. The zero-order chi connectivity index (χ0) is 19.2. The number of hydrogen-bond donors (Lipinski definition) is 1. The van der Waals surface area contributed by atoms with E-state index in [9.17, 15) is 0 Å². The number of aromatic nitrogens is 2. The van der Waals surface area contributed by atoms with Gasteiger partial charge in [0.05, 0.1) is 21.4 Å². The first-order valence-corrected chi connectivity index (χ1v) is 11.7. The maximum atomic E-state index is 4.35. The molecule has 146 valence electrons. The molecule has 28 heavy (non-hydrogen) atoms. The van der Waals surface area contributed by atoms with Crippen molar-refractivity contribution in [3.8, 4) is 0 Å². The fourth-order valence-electron chi connectivity index (χ4n) is 3.53. The second kappa shape index (κ2) is 9.45. The Morgan fingerprint density at radius 2 is 1.86 bits per heavy atom. The lowest BCUT2D eigenvalue weighted by Crippen LogP contribution is -2.23. The molecule has 1 aliphatic rings. The smallest absolute Gasteiger partial charge is 0.125 e. The number of pyridine rings is 1. The van der Waals surface area contributed by atoms with E-state index in [4.69, 9.17) is 0 Å². The number of fused-ring (bicyclic) bond motifs is 2. The highest BCUT2D eigenvalue weighted by atomic mass is 32.1. The van der Waals surface area contributed by atoms with E-state index in [2.05, 4.69) is 56.8 Å². The summed E-state index contributed by atoms with van der Waals surface area (Å²) in [4.78, 5) is 12.3. The van der Waals surface area contributed by atoms with Gasteiger partial charge < -0.3 is 10.2 Å². The number of thiophene rings is 1. The Morgan fingerprint density at radius 1 is 1.00 bits per heavy atom.